The van der Waals surface area contributed by atoms with Crippen molar-refractivity contribution in [3.63, 3.8) is 0 Å². The first kappa shape index (κ1) is 16.7. The first-order valence-corrected chi connectivity index (χ1v) is 10.2. The first-order chi connectivity index (χ1) is 12.5. The van der Waals surface area contributed by atoms with Crippen LogP contribution < -0.4 is 10.6 Å². The largest absolute Gasteiger partial charge is 0.350 e. The van der Waals surface area contributed by atoms with Gasteiger partial charge in [0.2, 0.25) is 5.91 Å². The minimum absolute atomic E-state index is 0.0502. The zero-order valence-electron chi connectivity index (χ0n) is 15.6. The number of carbonyl (C=O) groups is 1. The van der Waals surface area contributed by atoms with Gasteiger partial charge in [-0.15, -0.1) is 0 Å². The van der Waals surface area contributed by atoms with Crippen LogP contribution in [0.15, 0.2) is 30.3 Å². The summed E-state index contributed by atoms with van der Waals surface area (Å²) < 4.78 is 14.3. The summed E-state index contributed by atoms with van der Waals surface area (Å²) in [6, 6.07) is 10.5. The van der Waals surface area contributed by atoms with Crippen LogP contribution in [0, 0.1) is 16.7 Å². The van der Waals surface area contributed by atoms with Crippen LogP contribution >= 0.6 is 0 Å². The molecule has 2 N–H and O–H groups in total. The highest BCUT2D eigenvalue weighted by Gasteiger charge is 2.72. The van der Waals surface area contributed by atoms with E-state index in [1.807, 2.05) is 0 Å². The van der Waals surface area contributed by atoms with Gasteiger partial charge in [-0.05, 0) is 67.4 Å². The molecule has 1 heterocycles. The molecule has 6 rings (SSSR count). The molecule has 1 aliphatic heterocycles. The molecule has 4 aliphatic carbocycles. The van der Waals surface area contributed by atoms with Crippen molar-refractivity contribution >= 4 is 5.91 Å². The van der Waals surface area contributed by atoms with E-state index >= 15 is 0 Å². The Balaban J connectivity index is 1.46. The standard InChI is InChI=1S/C22H29FN2O/c1-20-9-15-10-21(13-20,16-5-3-2-4-6-16)14-22(20,11-15)19(26)25-18-7-8-24-12-17(18)23/h2-6,15,17-18,24H,7-14H2,1H3,(H,25,26)/t15?,17-,18+,20+,21+,22?/m0/s1. The lowest BCUT2D eigenvalue weighted by molar-refractivity contribution is -0.137. The lowest BCUT2D eigenvalue weighted by Crippen LogP contribution is -2.56. The summed E-state index contributed by atoms with van der Waals surface area (Å²) in [6.07, 6.45) is 5.10. The van der Waals surface area contributed by atoms with Gasteiger partial charge in [0.05, 0.1) is 11.5 Å². The number of piperidine rings is 1. The quantitative estimate of drug-likeness (QED) is 0.872. The Morgan fingerprint density at radius 1 is 1.19 bits per heavy atom. The highest BCUT2D eigenvalue weighted by Crippen LogP contribution is 2.76. The second-order valence-corrected chi connectivity index (χ2v) is 9.71. The number of halogens is 1. The molecule has 1 aromatic rings. The van der Waals surface area contributed by atoms with Crippen LogP contribution in [0.2, 0.25) is 0 Å². The molecule has 0 spiro atoms. The minimum Gasteiger partial charge on any atom is -0.350 e. The maximum absolute atomic E-state index is 14.3. The molecule has 4 bridgehead atoms. The number of benzene rings is 1. The second kappa shape index (κ2) is 5.54. The van der Waals surface area contributed by atoms with Crippen LogP contribution in [0.3, 0.4) is 0 Å². The topological polar surface area (TPSA) is 41.1 Å². The average Bonchev–Trinajstić information content (AvgIpc) is 2.95. The van der Waals surface area contributed by atoms with Crippen molar-refractivity contribution in [2.24, 2.45) is 16.7 Å². The van der Waals surface area contributed by atoms with E-state index in [1.165, 1.54) is 12.0 Å². The number of carbonyl (C=O) groups excluding carboxylic acids is 1. The monoisotopic (exact) mass is 356 g/mol. The Kier molecular flexibility index (Phi) is 3.57. The molecular weight excluding hydrogens is 327 g/mol. The zero-order chi connectivity index (χ0) is 18.0. The van der Waals surface area contributed by atoms with Gasteiger partial charge in [-0.2, -0.15) is 0 Å². The van der Waals surface area contributed by atoms with Gasteiger partial charge in [0.15, 0.2) is 0 Å². The predicted molar refractivity (Wildman–Crippen MR) is 99.5 cm³/mol. The third-order valence-electron chi connectivity index (χ3n) is 8.13. The van der Waals surface area contributed by atoms with Crippen LogP contribution in [0.1, 0.15) is 51.0 Å². The van der Waals surface area contributed by atoms with Crippen LogP contribution in [-0.4, -0.2) is 31.2 Å². The molecule has 3 nitrogen and oxygen atoms in total. The number of alkyl halides is 1. The predicted octanol–water partition coefficient (Wildman–Crippen LogP) is 3.34. The summed E-state index contributed by atoms with van der Waals surface area (Å²) in [5.41, 5.74) is 1.28. The van der Waals surface area contributed by atoms with Gasteiger partial charge >= 0.3 is 0 Å². The molecule has 0 aromatic heterocycles. The van der Waals surface area contributed by atoms with Crippen molar-refractivity contribution in [2.75, 3.05) is 13.1 Å². The SMILES string of the molecule is C[C@]12CC3CC1(C(=O)N[C@@H]1CCNC[C@@H]1F)C[C@@](c1ccccc1)(C3)C2. The van der Waals surface area contributed by atoms with E-state index in [9.17, 15) is 9.18 Å². The fourth-order valence-electron chi connectivity index (χ4n) is 7.25. The molecule has 1 aromatic carbocycles. The fraction of sp³-hybridized carbons (Fsp3) is 0.682. The molecule has 1 saturated heterocycles. The molecule has 4 heteroatoms. The maximum Gasteiger partial charge on any atom is 0.227 e. The summed E-state index contributed by atoms with van der Waals surface area (Å²) in [7, 11) is 0. The van der Waals surface area contributed by atoms with E-state index in [0.717, 1.165) is 32.2 Å². The average molecular weight is 356 g/mol. The van der Waals surface area contributed by atoms with Gasteiger partial charge in [0.25, 0.3) is 0 Å². The second-order valence-electron chi connectivity index (χ2n) is 9.71. The Morgan fingerprint density at radius 2 is 2.00 bits per heavy atom. The molecule has 6 atom stereocenters. The highest BCUT2D eigenvalue weighted by atomic mass is 19.1. The Labute approximate surface area is 155 Å². The lowest BCUT2D eigenvalue weighted by Gasteiger charge is -2.41. The van der Waals surface area contributed by atoms with E-state index in [4.69, 9.17) is 0 Å². The lowest BCUT2D eigenvalue weighted by atomic mass is 9.63. The molecule has 1 amide bonds. The Bertz CT molecular complexity index is 724. The fourth-order valence-corrected chi connectivity index (χ4v) is 7.25. The number of amides is 1. The van der Waals surface area contributed by atoms with E-state index in [2.05, 4.69) is 47.9 Å². The zero-order valence-corrected chi connectivity index (χ0v) is 15.6. The maximum atomic E-state index is 14.3. The van der Waals surface area contributed by atoms with Crippen molar-refractivity contribution in [3.05, 3.63) is 35.9 Å². The Morgan fingerprint density at radius 3 is 2.77 bits per heavy atom. The number of hydrogen-bond acceptors (Lipinski definition) is 2. The van der Waals surface area contributed by atoms with Crippen LogP contribution in [0.5, 0.6) is 0 Å². The van der Waals surface area contributed by atoms with Gasteiger partial charge in [0.1, 0.15) is 6.17 Å². The third-order valence-corrected chi connectivity index (χ3v) is 8.13. The van der Waals surface area contributed by atoms with Crippen molar-refractivity contribution in [1.82, 2.24) is 10.6 Å². The minimum atomic E-state index is -0.976. The van der Waals surface area contributed by atoms with Gasteiger partial charge in [-0.3, -0.25) is 4.79 Å². The summed E-state index contributed by atoms with van der Waals surface area (Å²) in [5.74, 6) is 0.761. The Hall–Kier alpha value is -1.42. The van der Waals surface area contributed by atoms with E-state index in [0.29, 0.717) is 18.9 Å². The van der Waals surface area contributed by atoms with Crippen molar-refractivity contribution in [2.45, 2.75) is 63.1 Å². The molecule has 140 valence electrons. The van der Waals surface area contributed by atoms with E-state index in [1.54, 1.807) is 0 Å². The third kappa shape index (κ3) is 2.17. The summed E-state index contributed by atoms with van der Waals surface area (Å²) in [4.78, 5) is 13.5. The van der Waals surface area contributed by atoms with Crippen LogP contribution in [0.25, 0.3) is 0 Å². The van der Waals surface area contributed by atoms with Gasteiger partial charge < -0.3 is 10.6 Å². The van der Waals surface area contributed by atoms with Crippen LogP contribution in [0.4, 0.5) is 4.39 Å². The molecule has 4 saturated carbocycles. The van der Waals surface area contributed by atoms with Crippen molar-refractivity contribution in [1.29, 1.82) is 0 Å². The molecule has 2 unspecified atom stereocenters. The molecule has 5 fully saturated rings. The van der Waals surface area contributed by atoms with Gasteiger partial charge in [-0.1, -0.05) is 37.3 Å². The van der Waals surface area contributed by atoms with Crippen molar-refractivity contribution < 1.29 is 9.18 Å². The molecule has 5 aliphatic rings. The smallest absolute Gasteiger partial charge is 0.227 e. The van der Waals surface area contributed by atoms with E-state index < -0.39 is 6.17 Å². The molecular formula is C22H29FN2O. The molecule has 0 radical (unpaired) electrons. The van der Waals surface area contributed by atoms with Gasteiger partial charge in [-0.25, -0.2) is 4.39 Å². The highest BCUT2D eigenvalue weighted by molar-refractivity contribution is 5.85. The summed E-state index contributed by atoms with van der Waals surface area (Å²) in [5, 5.41) is 6.23. The van der Waals surface area contributed by atoms with Gasteiger partial charge in [0, 0.05) is 6.54 Å². The normalized spacial score (nSPS) is 46.5. The number of nitrogens with one attached hydrogen (secondary N) is 2. The number of hydrogen-bond donors (Lipinski definition) is 2. The first-order valence-electron chi connectivity index (χ1n) is 10.2. The van der Waals surface area contributed by atoms with E-state index in [-0.39, 0.29) is 28.2 Å². The van der Waals surface area contributed by atoms with Crippen LogP contribution in [-0.2, 0) is 10.2 Å². The summed E-state index contributed by atoms with van der Waals surface area (Å²) >= 11 is 0. The summed E-state index contributed by atoms with van der Waals surface area (Å²) in [6.45, 7) is 3.46. The van der Waals surface area contributed by atoms with Crippen molar-refractivity contribution in [3.8, 4) is 0 Å². The molecule has 26 heavy (non-hydrogen) atoms. The number of rotatable bonds is 3.